The molecular weight excluding hydrogens is 266 g/mol. The summed E-state index contributed by atoms with van der Waals surface area (Å²) < 4.78 is 10.9. The van der Waals surface area contributed by atoms with E-state index in [2.05, 4.69) is 22.4 Å². The van der Waals surface area contributed by atoms with Gasteiger partial charge in [0.15, 0.2) is 5.82 Å². The maximum Gasteiger partial charge on any atom is 0.226 e. The van der Waals surface area contributed by atoms with Crippen LogP contribution in [-0.4, -0.2) is 35.9 Å². The van der Waals surface area contributed by atoms with Crippen LogP contribution in [0.5, 0.6) is 0 Å². The molecule has 1 aliphatic heterocycles. The third-order valence-corrected chi connectivity index (χ3v) is 4.82. The minimum atomic E-state index is 0.569. The molecule has 5 heteroatoms. The summed E-state index contributed by atoms with van der Waals surface area (Å²) >= 11 is 0. The van der Waals surface area contributed by atoms with Gasteiger partial charge in [-0.3, -0.25) is 0 Å². The summed E-state index contributed by atoms with van der Waals surface area (Å²) in [4.78, 5) is 4.60. The van der Waals surface area contributed by atoms with Crippen LogP contribution in [0.2, 0.25) is 0 Å². The maximum absolute atomic E-state index is 5.47. The summed E-state index contributed by atoms with van der Waals surface area (Å²) in [5.74, 6) is 2.89. The lowest BCUT2D eigenvalue weighted by molar-refractivity contribution is 0.185. The molecule has 5 nitrogen and oxygen atoms in total. The highest BCUT2D eigenvalue weighted by molar-refractivity contribution is 4.93. The SMILES string of the molecule is CCNC1CCCCC1Cc1nc(CC2CCOC2)no1. The second-order valence-corrected chi connectivity index (χ2v) is 6.45. The number of nitrogens with one attached hydrogen (secondary N) is 1. The highest BCUT2D eigenvalue weighted by Gasteiger charge is 2.27. The molecular formula is C16H27N3O2. The van der Waals surface area contributed by atoms with E-state index in [1.165, 1.54) is 25.7 Å². The van der Waals surface area contributed by atoms with Gasteiger partial charge in [0.05, 0.1) is 0 Å². The molecule has 1 aromatic heterocycles. The first-order chi connectivity index (χ1) is 10.3. The lowest BCUT2D eigenvalue weighted by Gasteiger charge is -2.31. The van der Waals surface area contributed by atoms with Gasteiger partial charge in [-0.05, 0) is 37.6 Å². The zero-order chi connectivity index (χ0) is 14.5. The van der Waals surface area contributed by atoms with Crippen molar-refractivity contribution in [2.75, 3.05) is 19.8 Å². The molecule has 1 aliphatic carbocycles. The van der Waals surface area contributed by atoms with Crippen molar-refractivity contribution in [1.29, 1.82) is 0 Å². The lowest BCUT2D eigenvalue weighted by atomic mass is 9.82. The highest BCUT2D eigenvalue weighted by Crippen LogP contribution is 2.27. The maximum atomic E-state index is 5.47. The van der Waals surface area contributed by atoms with Crippen LogP contribution in [0.1, 0.15) is 50.7 Å². The monoisotopic (exact) mass is 293 g/mol. The van der Waals surface area contributed by atoms with E-state index in [-0.39, 0.29) is 0 Å². The molecule has 1 N–H and O–H groups in total. The predicted octanol–water partition coefficient (Wildman–Crippen LogP) is 2.36. The Hall–Kier alpha value is -0.940. The quantitative estimate of drug-likeness (QED) is 0.872. The zero-order valence-corrected chi connectivity index (χ0v) is 13.0. The molecule has 1 saturated heterocycles. The Bertz CT molecular complexity index is 427. The number of aromatic nitrogens is 2. The second-order valence-electron chi connectivity index (χ2n) is 6.45. The van der Waals surface area contributed by atoms with Gasteiger partial charge in [0, 0.05) is 32.1 Å². The van der Waals surface area contributed by atoms with E-state index in [0.29, 0.717) is 17.9 Å². The van der Waals surface area contributed by atoms with E-state index in [1.807, 2.05) is 0 Å². The Morgan fingerprint density at radius 1 is 1.19 bits per heavy atom. The Morgan fingerprint density at radius 2 is 2.10 bits per heavy atom. The molecule has 0 bridgehead atoms. The van der Waals surface area contributed by atoms with E-state index >= 15 is 0 Å². The lowest BCUT2D eigenvalue weighted by Crippen LogP contribution is -2.39. The van der Waals surface area contributed by atoms with Gasteiger partial charge in [-0.2, -0.15) is 4.98 Å². The van der Waals surface area contributed by atoms with Crippen LogP contribution in [0.25, 0.3) is 0 Å². The van der Waals surface area contributed by atoms with Crippen molar-refractivity contribution in [2.45, 2.75) is 57.9 Å². The van der Waals surface area contributed by atoms with Crippen molar-refractivity contribution in [3.63, 3.8) is 0 Å². The van der Waals surface area contributed by atoms with Gasteiger partial charge in [0.2, 0.25) is 5.89 Å². The number of hydrogen-bond acceptors (Lipinski definition) is 5. The number of rotatable bonds is 6. The van der Waals surface area contributed by atoms with E-state index in [1.54, 1.807) is 0 Å². The van der Waals surface area contributed by atoms with E-state index in [0.717, 1.165) is 50.7 Å². The average molecular weight is 293 g/mol. The van der Waals surface area contributed by atoms with Gasteiger partial charge in [0.25, 0.3) is 0 Å². The number of nitrogens with zero attached hydrogens (tertiary/aromatic N) is 2. The first-order valence-electron chi connectivity index (χ1n) is 8.47. The molecule has 0 radical (unpaired) electrons. The van der Waals surface area contributed by atoms with E-state index < -0.39 is 0 Å². The fraction of sp³-hybridized carbons (Fsp3) is 0.875. The smallest absolute Gasteiger partial charge is 0.226 e. The van der Waals surface area contributed by atoms with Gasteiger partial charge >= 0.3 is 0 Å². The first-order valence-corrected chi connectivity index (χ1v) is 8.47. The van der Waals surface area contributed by atoms with Crippen molar-refractivity contribution >= 4 is 0 Å². The summed E-state index contributed by atoms with van der Waals surface area (Å²) in [5, 5.41) is 7.77. The largest absolute Gasteiger partial charge is 0.381 e. The standard InChI is InChI=1S/C16H27N3O2/c1-2-17-14-6-4-3-5-13(14)10-16-18-15(19-21-16)9-12-7-8-20-11-12/h12-14,17H,2-11H2,1H3. The Morgan fingerprint density at radius 3 is 2.90 bits per heavy atom. The number of hydrogen-bond donors (Lipinski definition) is 1. The molecule has 1 aromatic rings. The Kier molecular flexibility index (Phi) is 5.25. The topological polar surface area (TPSA) is 60.2 Å². The van der Waals surface area contributed by atoms with Crippen LogP contribution in [0.15, 0.2) is 4.52 Å². The van der Waals surface area contributed by atoms with Gasteiger partial charge < -0.3 is 14.6 Å². The van der Waals surface area contributed by atoms with Crippen LogP contribution in [0.3, 0.4) is 0 Å². The summed E-state index contributed by atoms with van der Waals surface area (Å²) in [7, 11) is 0. The van der Waals surface area contributed by atoms with Crippen LogP contribution in [0, 0.1) is 11.8 Å². The van der Waals surface area contributed by atoms with Crippen molar-refractivity contribution in [2.24, 2.45) is 11.8 Å². The van der Waals surface area contributed by atoms with E-state index in [9.17, 15) is 0 Å². The molecule has 3 unspecified atom stereocenters. The van der Waals surface area contributed by atoms with Gasteiger partial charge in [-0.25, -0.2) is 0 Å². The van der Waals surface area contributed by atoms with Crippen molar-refractivity contribution in [3.05, 3.63) is 11.7 Å². The van der Waals surface area contributed by atoms with Crippen LogP contribution < -0.4 is 5.32 Å². The molecule has 2 heterocycles. The summed E-state index contributed by atoms with van der Waals surface area (Å²) in [5.41, 5.74) is 0. The molecule has 3 rings (SSSR count). The van der Waals surface area contributed by atoms with Crippen molar-refractivity contribution in [3.8, 4) is 0 Å². The minimum Gasteiger partial charge on any atom is -0.381 e. The fourth-order valence-electron chi connectivity index (χ4n) is 3.67. The normalized spacial score (nSPS) is 29.9. The Balaban J connectivity index is 1.55. The average Bonchev–Trinajstić information content (AvgIpc) is 3.14. The van der Waals surface area contributed by atoms with Crippen molar-refractivity contribution < 1.29 is 9.26 Å². The number of ether oxygens (including phenoxy) is 1. The summed E-state index contributed by atoms with van der Waals surface area (Å²) in [6.07, 6.45) is 8.15. The molecule has 0 aromatic carbocycles. The third-order valence-electron chi connectivity index (χ3n) is 4.82. The van der Waals surface area contributed by atoms with Crippen LogP contribution >= 0.6 is 0 Å². The molecule has 2 fully saturated rings. The molecule has 118 valence electrons. The fourth-order valence-corrected chi connectivity index (χ4v) is 3.67. The van der Waals surface area contributed by atoms with Crippen LogP contribution in [-0.2, 0) is 17.6 Å². The summed E-state index contributed by atoms with van der Waals surface area (Å²) in [6, 6.07) is 0.613. The third kappa shape index (κ3) is 4.04. The molecule has 0 amide bonds. The molecule has 21 heavy (non-hydrogen) atoms. The minimum absolute atomic E-state index is 0.569. The Labute approximate surface area is 126 Å². The van der Waals surface area contributed by atoms with Gasteiger partial charge in [0.1, 0.15) is 0 Å². The first kappa shape index (κ1) is 15.0. The molecule has 3 atom stereocenters. The zero-order valence-electron chi connectivity index (χ0n) is 13.0. The molecule has 1 saturated carbocycles. The van der Waals surface area contributed by atoms with Gasteiger partial charge in [-0.1, -0.05) is 24.9 Å². The van der Waals surface area contributed by atoms with E-state index in [4.69, 9.17) is 9.26 Å². The van der Waals surface area contributed by atoms with Crippen LogP contribution in [0.4, 0.5) is 0 Å². The second kappa shape index (κ2) is 7.36. The molecule has 0 spiro atoms. The predicted molar refractivity (Wildman–Crippen MR) is 80.1 cm³/mol. The van der Waals surface area contributed by atoms with Crippen molar-refractivity contribution in [1.82, 2.24) is 15.5 Å². The molecule has 2 aliphatic rings. The highest BCUT2D eigenvalue weighted by atomic mass is 16.5. The van der Waals surface area contributed by atoms with Gasteiger partial charge in [-0.15, -0.1) is 0 Å². The summed E-state index contributed by atoms with van der Waals surface area (Å²) in [6.45, 7) is 4.94.